The van der Waals surface area contributed by atoms with Gasteiger partial charge in [-0.25, -0.2) is 8.42 Å². The van der Waals surface area contributed by atoms with Gasteiger partial charge in [0.05, 0.1) is 16.1 Å². The molecule has 0 unspecified atom stereocenters. The molecule has 3 aromatic carbocycles. The van der Waals surface area contributed by atoms with E-state index >= 15 is 0 Å². The van der Waals surface area contributed by atoms with Crippen molar-refractivity contribution in [2.45, 2.75) is 24.4 Å². The minimum atomic E-state index is -4.45. The molecule has 0 aromatic heterocycles. The third-order valence-electron chi connectivity index (χ3n) is 5.33. The van der Waals surface area contributed by atoms with Gasteiger partial charge in [-0.05, 0) is 59.5 Å². The maximum atomic E-state index is 13.0. The summed E-state index contributed by atoms with van der Waals surface area (Å²) in [6, 6.07) is 14.6. The number of rotatable bonds is 6. The van der Waals surface area contributed by atoms with Gasteiger partial charge in [-0.2, -0.15) is 13.2 Å². The fraction of sp³-hybridized carbons (Fsp3) is 0.208. The number of aryl methyl sites for hydroxylation is 1. The lowest BCUT2D eigenvalue weighted by molar-refractivity contribution is -0.137. The molecule has 0 atom stereocenters. The van der Waals surface area contributed by atoms with Crippen molar-refractivity contribution in [2.75, 3.05) is 18.2 Å². The highest BCUT2D eigenvalue weighted by molar-refractivity contribution is 7.90. The Labute approximate surface area is 195 Å². The van der Waals surface area contributed by atoms with Crippen LogP contribution in [0, 0.1) is 0 Å². The van der Waals surface area contributed by atoms with Crippen LogP contribution in [0.2, 0.25) is 0 Å². The molecule has 174 valence electrons. The molecule has 0 aliphatic carbocycles. The van der Waals surface area contributed by atoms with Crippen LogP contribution < -0.4 is 4.90 Å². The van der Waals surface area contributed by atoms with Crippen LogP contribution in [-0.4, -0.2) is 27.0 Å². The van der Waals surface area contributed by atoms with E-state index in [1.165, 1.54) is 18.2 Å². The Morgan fingerprint density at radius 3 is 2.12 bits per heavy atom. The number of hydrogen-bond acceptors (Lipinski definition) is 4. The van der Waals surface area contributed by atoms with Crippen LogP contribution in [0.15, 0.2) is 65.6 Å². The highest BCUT2D eigenvalue weighted by Crippen LogP contribution is 2.39. The average molecular weight is 496 g/mol. The molecule has 3 rings (SSSR count). The predicted octanol–water partition coefficient (Wildman–Crippen LogP) is 6.49. The molecular formula is C24H21ClF3NO3S. The number of halogens is 4. The normalized spacial score (nSPS) is 12.0. The number of sulfone groups is 1. The van der Waals surface area contributed by atoms with Crippen molar-refractivity contribution < 1.29 is 26.4 Å². The summed E-state index contributed by atoms with van der Waals surface area (Å²) >= 11 is 5.68. The number of carbonyl (C=O) groups excluding carboxylic acids is 1. The number of carbonyl (C=O) groups is 1. The van der Waals surface area contributed by atoms with Gasteiger partial charge >= 0.3 is 6.18 Å². The van der Waals surface area contributed by atoms with E-state index in [4.69, 9.17) is 11.6 Å². The summed E-state index contributed by atoms with van der Waals surface area (Å²) in [6.07, 6.45) is -2.97. The Kier molecular flexibility index (Phi) is 6.91. The molecule has 0 amide bonds. The Bertz CT molecular complexity index is 1300. The molecule has 0 radical (unpaired) electrons. The van der Waals surface area contributed by atoms with Gasteiger partial charge in [0, 0.05) is 30.1 Å². The number of para-hydroxylation sites is 1. The van der Waals surface area contributed by atoms with Crippen molar-refractivity contribution in [1.82, 2.24) is 0 Å². The van der Waals surface area contributed by atoms with Crippen LogP contribution in [0.25, 0.3) is 11.1 Å². The molecule has 0 spiro atoms. The van der Waals surface area contributed by atoms with Gasteiger partial charge in [0.1, 0.15) is 0 Å². The summed E-state index contributed by atoms with van der Waals surface area (Å²) in [5.74, 6) is 0. The second-order valence-electron chi connectivity index (χ2n) is 7.53. The molecule has 4 nitrogen and oxygen atoms in total. The molecule has 9 heteroatoms. The molecule has 0 aliphatic rings. The largest absolute Gasteiger partial charge is 0.416 e. The van der Waals surface area contributed by atoms with Crippen LogP contribution in [-0.2, 0) is 22.4 Å². The fourth-order valence-electron chi connectivity index (χ4n) is 3.63. The molecule has 0 N–H and O–H groups in total. The number of anilines is 2. The third-order valence-corrected chi connectivity index (χ3v) is 6.66. The van der Waals surface area contributed by atoms with Crippen LogP contribution in [0.5, 0.6) is 0 Å². The predicted molar refractivity (Wildman–Crippen MR) is 124 cm³/mol. The first-order valence-corrected chi connectivity index (χ1v) is 12.2. The average Bonchev–Trinajstić information content (AvgIpc) is 2.76. The van der Waals surface area contributed by atoms with Crippen LogP contribution in [0.1, 0.15) is 28.4 Å². The number of nitrogens with zero attached hydrogens (tertiary/aromatic N) is 1. The molecule has 3 aromatic rings. The summed E-state index contributed by atoms with van der Waals surface area (Å²) in [6.45, 7) is 1.82. The second kappa shape index (κ2) is 9.19. The Hall–Kier alpha value is -2.84. The van der Waals surface area contributed by atoms with Crippen LogP contribution in [0.3, 0.4) is 0 Å². The lowest BCUT2D eigenvalue weighted by Gasteiger charge is -2.26. The summed E-state index contributed by atoms with van der Waals surface area (Å²) in [5.41, 5.74) is 2.00. The van der Waals surface area contributed by atoms with Crippen molar-refractivity contribution in [3.63, 3.8) is 0 Å². The minimum Gasteiger partial charge on any atom is -0.343 e. The van der Waals surface area contributed by atoms with Crippen molar-refractivity contribution in [3.05, 3.63) is 77.4 Å². The van der Waals surface area contributed by atoms with Crippen LogP contribution in [0.4, 0.5) is 24.5 Å². The molecule has 0 aliphatic heterocycles. The van der Waals surface area contributed by atoms with E-state index in [1.807, 2.05) is 6.92 Å². The molecule has 0 heterocycles. The summed E-state index contributed by atoms with van der Waals surface area (Å²) < 4.78 is 64.0. The third kappa shape index (κ3) is 5.23. The first kappa shape index (κ1) is 24.8. The number of alkyl halides is 3. The molecule has 0 saturated heterocycles. The van der Waals surface area contributed by atoms with Gasteiger partial charge in [0.2, 0.25) is 0 Å². The van der Waals surface area contributed by atoms with Gasteiger partial charge in [0.15, 0.2) is 9.84 Å². The van der Waals surface area contributed by atoms with Crippen molar-refractivity contribution in [2.24, 2.45) is 0 Å². The standard InChI is InChI=1S/C24H21ClF3NO3S/c1-4-15-13-21(22(33(3,31)32)14-19(15)23(25)30)29(2)20-8-6-5-7-18(20)16-9-11-17(12-10-16)24(26,27)28/h5-14H,4H2,1-3H3. The topological polar surface area (TPSA) is 54.5 Å². The van der Waals surface area contributed by atoms with E-state index in [2.05, 4.69) is 0 Å². The maximum absolute atomic E-state index is 13.0. The molecule has 0 fully saturated rings. The Balaban J connectivity index is 2.20. The van der Waals surface area contributed by atoms with Crippen molar-refractivity contribution >= 4 is 38.1 Å². The van der Waals surface area contributed by atoms with E-state index in [-0.39, 0.29) is 10.5 Å². The lowest BCUT2D eigenvalue weighted by atomic mass is 10.00. The van der Waals surface area contributed by atoms with Gasteiger partial charge < -0.3 is 4.90 Å². The number of hydrogen-bond donors (Lipinski definition) is 0. The number of benzene rings is 3. The Morgan fingerprint density at radius 1 is 1.00 bits per heavy atom. The lowest BCUT2D eigenvalue weighted by Crippen LogP contribution is -2.16. The second-order valence-corrected chi connectivity index (χ2v) is 9.86. The smallest absolute Gasteiger partial charge is 0.343 e. The zero-order valence-corrected chi connectivity index (χ0v) is 19.6. The highest BCUT2D eigenvalue weighted by atomic mass is 35.5. The minimum absolute atomic E-state index is 0.0755. The first-order chi connectivity index (χ1) is 15.3. The molecule has 0 saturated carbocycles. The van der Waals surface area contributed by atoms with Gasteiger partial charge in [-0.1, -0.05) is 37.3 Å². The van der Waals surface area contributed by atoms with E-state index < -0.39 is 26.8 Å². The van der Waals surface area contributed by atoms with Crippen molar-refractivity contribution in [3.8, 4) is 11.1 Å². The molecular weight excluding hydrogens is 475 g/mol. The summed E-state index contributed by atoms with van der Waals surface area (Å²) in [7, 11) is -2.08. The molecule has 33 heavy (non-hydrogen) atoms. The highest BCUT2D eigenvalue weighted by Gasteiger charge is 2.30. The SMILES string of the molecule is CCc1cc(N(C)c2ccccc2-c2ccc(C(F)(F)F)cc2)c(S(C)(=O)=O)cc1C(=O)Cl. The van der Waals surface area contributed by atoms with Crippen molar-refractivity contribution in [1.29, 1.82) is 0 Å². The quantitative estimate of drug-likeness (QED) is 0.367. The molecule has 0 bridgehead atoms. The van der Waals surface area contributed by atoms with E-state index in [0.29, 0.717) is 34.5 Å². The van der Waals surface area contributed by atoms with Crippen LogP contribution >= 0.6 is 11.6 Å². The zero-order chi connectivity index (χ0) is 24.6. The van der Waals surface area contributed by atoms with Gasteiger partial charge in [-0.15, -0.1) is 0 Å². The summed E-state index contributed by atoms with van der Waals surface area (Å²) in [5, 5.41) is -0.754. The van der Waals surface area contributed by atoms with E-state index in [0.717, 1.165) is 18.4 Å². The fourth-order valence-corrected chi connectivity index (χ4v) is 4.71. The first-order valence-electron chi connectivity index (χ1n) is 9.91. The summed E-state index contributed by atoms with van der Waals surface area (Å²) in [4.78, 5) is 13.4. The monoisotopic (exact) mass is 495 g/mol. The zero-order valence-electron chi connectivity index (χ0n) is 18.1. The maximum Gasteiger partial charge on any atom is 0.416 e. The van der Waals surface area contributed by atoms with E-state index in [1.54, 1.807) is 42.3 Å². The van der Waals surface area contributed by atoms with Gasteiger partial charge in [-0.3, -0.25) is 4.79 Å². The Morgan fingerprint density at radius 2 is 1.61 bits per heavy atom. The van der Waals surface area contributed by atoms with E-state index in [9.17, 15) is 26.4 Å². The van der Waals surface area contributed by atoms with Gasteiger partial charge in [0.25, 0.3) is 5.24 Å².